The van der Waals surface area contributed by atoms with Gasteiger partial charge in [-0.2, -0.15) is 57.9 Å². The Bertz CT molecular complexity index is 5380. The minimum absolute atomic E-state index is 0.0524. The second kappa shape index (κ2) is 38.6. The topological polar surface area (TPSA) is 297 Å². The van der Waals surface area contributed by atoms with Crippen molar-refractivity contribution < 1.29 is 39.5 Å². The number of aromatic nitrogens is 12. The normalized spacial score (nSPS) is 12.2. The highest BCUT2D eigenvalue weighted by Gasteiger charge is 2.41. The summed E-state index contributed by atoms with van der Waals surface area (Å²) < 4.78 is 116. The Kier molecular flexibility index (Phi) is 30.3. The molecule has 12 aromatic rings. The lowest BCUT2D eigenvalue weighted by Crippen LogP contribution is -2.17. The van der Waals surface area contributed by atoms with Crippen molar-refractivity contribution in [1.29, 1.82) is 31.6 Å². The van der Waals surface area contributed by atoms with Crippen LogP contribution in [0.2, 0.25) is 0 Å². The predicted molar refractivity (Wildman–Crippen MR) is 413 cm³/mol. The molecule has 0 fully saturated rings. The van der Waals surface area contributed by atoms with Gasteiger partial charge >= 0.3 is 12.4 Å². The van der Waals surface area contributed by atoms with Crippen LogP contribution in [-0.4, -0.2) is 72.2 Å². The Balaban J connectivity index is 0.000000185. The summed E-state index contributed by atoms with van der Waals surface area (Å²) in [6.07, 6.45) is 8.90. The summed E-state index contributed by atoms with van der Waals surface area (Å²) in [5.41, 5.74) is 5.26. The first-order valence-corrected chi connectivity index (χ1v) is 38.4. The Hall–Kier alpha value is -11.0. The van der Waals surface area contributed by atoms with E-state index >= 15 is 0 Å². The van der Waals surface area contributed by atoms with E-state index in [-0.39, 0.29) is 48.5 Å². The fourth-order valence-corrected chi connectivity index (χ4v) is 16.1. The molecule has 18 nitrogen and oxygen atoms in total. The van der Waals surface area contributed by atoms with Gasteiger partial charge in [0.25, 0.3) is 0 Å². The van der Waals surface area contributed by atoms with E-state index in [0.29, 0.717) is 72.2 Å². The van der Waals surface area contributed by atoms with Gasteiger partial charge in [0.15, 0.2) is 34.2 Å². The zero-order valence-electron chi connectivity index (χ0n) is 62.0. The van der Waals surface area contributed by atoms with Crippen LogP contribution in [0.4, 0.5) is 39.5 Å². The van der Waals surface area contributed by atoms with E-state index in [1.807, 2.05) is 45.0 Å². The zero-order chi connectivity index (χ0) is 81.9. The summed E-state index contributed by atoms with van der Waals surface area (Å²) in [5.74, 6) is -3.41. The third-order valence-corrected chi connectivity index (χ3v) is 24.3. The first kappa shape index (κ1) is 87.2. The second-order valence-corrected chi connectivity index (χ2v) is 33.1. The number of halogens is 9. The maximum atomic E-state index is 13.2. The van der Waals surface area contributed by atoms with Crippen LogP contribution in [0.25, 0.3) is 63.4 Å². The lowest BCUT2D eigenvalue weighted by atomic mass is 9.93. The molecule has 0 saturated carbocycles. The number of rotatable bonds is 12. The molecule has 4 unspecified atom stereocenters. The van der Waals surface area contributed by atoms with Crippen molar-refractivity contribution >= 4 is 68.0 Å². The van der Waals surface area contributed by atoms with Crippen molar-refractivity contribution in [2.24, 2.45) is 11.8 Å². The van der Waals surface area contributed by atoms with E-state index in [9.17, 15) is 44.8 Å². The van der Waals surface area contributed by atoms with Crippen LogP contribution in [0, 0.1) is 97.3 Å². The van der Waals surface area contributed by atoms with Gasteiger partial charge in [0.2, 0.25) is 0 Å². The Labute approximate surface area is 659 Å². The van der Waals surface area contributed by atoms with Crippen molar-refractivity contribution in [2.45, 2.75) is 144 Å². The predicted octanol–water partition coefficient (Wildman–Crippen LogP) is 22.3. The molecule has 0 aromatic carbocycles. The van der Waals surface area contributed by atoms with E-state index < -0.39 is 41.6 Å². The van der Waals surface area contributed by atoms with Crippen LogP contribution >= 0.6 is 68.0 Å². The van der Waals surface area contributed by atoms with Gasteiger partial charge in [-0.3, -0.25) is 29.9 Å². The highest BCUT2D eigenvalue weighted by molar-refractivity contribution is 7.17. The maximum Gasteiger partial charge on any atom is 0.396 e. The van der Waals surface area contributed by atoms with Crippen molar-refractivity contribution in [2.75, 3.05) is 0 Å². The number of hydrogen-bond donors (Lipinski definition) is 0. The number of alkyl halides is 6. The monoisotopic (exact) mass is 1620 g/mol. The highest BCUT2D eigenvalue weighted by atomic mass is 32.1. The minimum Gasteiger partial charge on any atom is -0.264 e. The van der Waals surface area contributed by atoms with E-state index in [1.165, 1.54) is 47.2 Å². The summed E-state index contributed by atoms with van der Waals surface area (Å²) in [5, 5.41) is 57.9. The van der Waals surface area contributed by atoms with Gasteiger partial charge in [0.05, 0.1) is 40.2 Å². The van der Waals surface area contributed by atoms with Gasteiger partial charge in [-0.1, -0.05) is 83.1 Å². The van der Waals surface area contributed by atoms with E-state index in [4.69, 9.17) is 26.3 Å². The van der Waals surface area contributed by atoms with Crippen molar-refractivity contribution in [3.63, 3.8) is 0 Å². The smallest absolute Gasteiger partial charge is 0.264 e. The first-order valence-electron chi connectivity index (χ1n) is 33.5. The lowest BCUT2D eigenvalue weighted by Gasteiger charge is -2.15. The van der Waals surface area contributed by atoms with Crippen LogP contribution in [-0.2, 0) is 10.8 Å². The molecule has 12 aromatic heterocycles. The number of hydrogen-bond acceptors (Lipinski definition) is 24. The summed E-state index contributed by atoms with van der Waals surface area (Å²) in [7, 11) is 0. The minimum atomic E-state index is -4.46. The largest absolute Gasteiger partial charge is 0.396 e. The molecule has 111 heavy (non-hydrogen) atoms. The number of thiazole rings is 6. The Morgan fingerprint density at radius 2 is 0.550 bits per heavy atom. The molecule has 0 amide bonds. The molecule has 0 N–H and O–H groups in total. The van der Waals surface area contributed by atoms with Gasteiger partial charge in [-0.15, -0.1) is 68.0 Å². The Morgan fingerprint density at radius 1 is 0.315 bits per heavy atom. The number of pyridine rings is 6. The Morgan fingerprint density at radius 3 is 0.775 bits per heavy atom. The zero-order valence-corrected chi connectivity index (χ0v) is 66.9. The molecule has 0 aliphatic rings. The van der Waals surface area contributed by atoms with Crippen LogP contribution in [0.15, 0.2) is 129 Å². The van der Waals surface area contributed by atoms with Gasteiger partial charge in [-0.05, 0) is 103 Å². The van der Waals surface area contributed by atoms with E-state index in [2.05, 4.69) is 146 Å². The van der Waals surface area contributed by atoms with Gasteiger partial charge < -0.3 is 0 Å². The molecule has 12 rings (SSSR count). The standard InChI is InChI=1S/C14H14FN3S.C14H15N3S.C13H12FN3S.C13H13N3S.C12H7F4N3S.C12H8F3N3S/c1-8(2)9(3)13-12(5-16)18-14(19-13)10-4-11(15)7-17-6-10;1-9(2)10(3)13-12(7-15)17-14(18-13)11-5-4-6-16-8-11;1-13(2,3)11-10(5-15)17-12(18-11)8-4-9(14)7-16-6-8;1-13(2,3)11-10(7-14)16-12(17-11)9-5-4-6-15-8-9;1-6(12(14,15)16)10-9(3-17)19-11(20-10)7-2-8(13)5-18-4-7;1-7(12(13,14)15)10-9(5-16)18-11(19-10)8-3-2-4-17-6-8/h4,6-9H,1-3H3;4-6,8-10H,1-3H3;4,6-7H,1-3H3;4-6,8H,1-3H3;2,4-6H,1H3;2-4,6-7H,1H3. The maximum absolute atomic E-state index is 13.2. The van der Waals surface area contributed by atoms with E-state index in [1.54, 1.807) is 90.3 Å². The summed E-state index contributed by atoms with van der Waals surface area (Å²) in [4.78, 5) is 52.1. The molecule has 33 heteroatoms. The molecule has 0 aliphatic carbocycles. The average Bonchev–Trinajstić information content (AvgIpc) is 1.69. The molecule has 12 heterocycles. The molecule has 4 atom stereocenters. The summed E-state index contributed by atoms with van der Waals surface area (Å²) in [6.45, 7) is 27.1. The molecular formula is C78H69F9N18S6. The molecule has 0 spiro atoms. The lowest BCUT2D eigenvalue weighted by molar-refractivity contribution is -0.146. The van der Waals surface area contributed by atoms with Gasteiger partial charge in [-0.25, -0.2) is 43.1 Å². The van der Waals surface area contributed by atoms with Crippen molar-refractivity contribution in [3.05, 3.63) is 210 Å². The van der Waals surface area contributed by atoms with Crippen LogP contribution < -0.4 is 0 Å². The van der Waals surface area contributed by atoms with Crippen LogP contribution in [0.5, 0.6) is 0 Å². The van der Waals surface area contributed by atoms with Crippen molar-refractivity contribution in [1.82, 2.24) is 59.8 Å². The van der Waals surface area contributed by atoms with Crippen molar-refractivity contribution in [3.8, 4) is 99.8 Å². The average molecular weight is 1620 g/mol. The third kappa shape index (κ3) is 23.5. The fourth-order valence-electron chi connectivity index (χ4n) is 9.36. The van der Waals surface area contributed by atoms with Gasteiger partial charge in [0.1, 0.15) is 83.9 Å². The molecule has 0 aliphatic heterocycles. The number of nitrogens with zero attached hydrogens (tertiary/aromatic N) is 18. The van der Waals surface area contributed by atoms with E-state index in [0.717, 1.165) is 102 Å². The molecule has 0 radical (unpaired) electrons. The van der Waals surface area contributed by atoms with Crippen LogP contribution in [0.3, 0.4) is 0 Å². The van der Waals surface area contributed by atoms with Gasteiger partial charge in [0, 0.05) is 109 Å². The van der Waals surface area contributed by atoms with Crippen LogP contribution in [0.1, 0.15) is 184 Å². The summed E-state index contributed by atoms with van der Waals surface area (Å²) in [6, 6.07) is 26.8. The molecule has 570 valence electrons. The quantitative estimate of drug-likeness (QED) is 0.103. The fraction of sp³-hybridized carbons (Fsp3) is 0.308. The number of nitriles is 6. The highest BCUT2D eigenvalue weighted by Crippen LogP contribution is 2.44. The molecule has 0 saturated heterocycles. The summed E-state index contributed by atoms with van der Waals surface area (Å²) >= 11 is 7.62. The molecular weight excluding hydrogens is 1550 g/mol. The SMILES string of the molecule is CC(C)(C)c1sc(-c2cccnc2)nc1C#N.CC(C)(C)c1sc(-c2cncc(F)c2)nc1C#N.CC(C)C(C)c1sc(-c2cccnc2)nc1C#N.CC(C)C(C)c1sc(-c2cncc(F)c2)nc1C#N.CC(c1sc(-c2cccnc2)nc1C#N)C(F)(F)F.CC(c1sc(-c2cncc(F)c2)nc1C#N)C(F)(F)F. The third-order valence-electron chi connectivity index (χ3n) is 16.0. The second-order valence-electron chi connectivity index (χ2n) is 27.0. The molecule has 0 bridgehead atoms. The first-order chi connectivity index (χ1) is 52.3.